The highest BCUT2D eigenvalue weighted by molar-refractivity contribution is 5.87. The first-order chi connectivity index (χ1) is 13.9. The van der Waals surface area contributed by atoms with E-state index in [1.165, 1.54) is 12.1 Å². The highest BCUT2D eigenvalue weighted by Crippen LogP contribution is 2.33. The van der Waals surface area contributed by atoms with Crippen LogP contribution in [0.1, 0.15) is 28.8 Å². The number of hydrogen-bond donors (Lipinski definition) is 2. The molecule has 0 bridgehead atoms. The van der Waals surface area contributed by atoms with Gasteiger partial charge in [-0.25, -0.2) is 4.39 Å². The summed E-state index contributed by atoms with van der Waals surface area (Å²) in [7, 11) is 0. The van der Waals surface area contributed by atoms with E-state index in [0.717, 1.165) is 39.7 Å². The monoisotopic (exact) mass is 394 g/mol. The zero-order valence-electron chi connectivity index (χ0n) is 16.2. The van der Waals surface area contributed by atoms with Crippen molar-refractivity contribution in [3.63, 3.8) is 0 Å². The van der Waals surface area contributed by atoms with Gasteiger partial charge in [0.1, 0.15) is 12.4 Å². The fourth-order valence-corrected chi connectivity index (χ4v) is 4.23. The number of fused-ring (bicyclic) bond motifs is 3. The molecule has 2 aromatic carbocycles. The minimum absolute atomic E-state index is 0.0391. The molecule has 1 aromatic heterocycles. The SMILES string of the molecule is Cc1ccc(CC(=O)NC2CCc3c(c4cc(F)ccc4n3CC(=O)O)C2)cc1. The maximum Gasteiger partial charge on any atom is 0.323 e. The van der Waals surface area contributed by atoms with Gasteiger partial charge in [-0.2, -0.15) is 0 Å². The van der Waals surface area contributed by atoms with E-state index in [2.05, 4.69) is 5.32 Å². The second kappa shape index (κ2) is 7.70. The van der Waals surface area contributed by atoms with Crippen LogP contribution in [0.3, 0.4) is 0 Å². The van der Waals surface area contributed by atoms with Crippen molar-refractivity contribution in [3.05, 3.63) is 70.7 Å². The smallest absolute Gasteiger partial charge is 0.323 e. The average molecular weight is 394 g/mol. The Hall–Kier alpha value is -3.15. The number of nitrogens with one attached hydrogen (secondary N) is 1. The molecule has 29 heavy (non-hydrogen) atoms. The lowest BCUT2D eigenvalue weighted by molar-refractivity contribution is -0.137. The van der Waals surface area contributed by atoms with Crippen LogP contribution < -0.4 is 5.32 Å². The molecule has 6 heteroatoms. The summed E-state index contributed by atoms with van der Waals surface area (Å²) in [5.74, 6) is -1.32. The van der Waals surface area contributed by atoms with E-state index in [9.17, 15) is 19.1 Å². The Morgan fingerprint density at radius 1 is 1.21 bits per heavy atom. The molecule has 1 amide bonds. The third-order valence-electron chi connectivity index (χ3n) is 5.57. The highest BCUT2D eigenvalue weighted by atomic mass is 19.1. The second-order valence-electron chi connectivity index (χ2n) is 7.74. The van der Waals surface area contributed by atoms with Gasteiger partial charge >= 0.3 is 5.97 Å². The first-order valence-electron chi connectivity index (χ1n) is 9.77. The summed E-state index contributed by atoms with van der Waals surface area (Å²) in [5.41, 5.74) is 4.71. The highest BCUT2D eigenvalue weighted by Gasteiger charge is 2.27. The molecule has 2 N–H and O–H groups in total. The molecular weight excluding hydrogens is 371 g/mol. The Balaban J connectivity index is 1.55. The predicted molar refractivity (Wildman–Crippen MR) is 108 cm³/mol. The minimum atomic E-state index is -0.928. The molecular formula is C23H23FN2O3. The number of carbonyl (C=O) groups is 2. The molecule has 0 fully saturated rings. The molecule has 150 valence electrons. The maximum absolute atomic E-state index is 13.9. The van der Waals surface area contributed by atoms with Crippen molar-refractivity contribution in [1.82, 2.24) is 9.88 Å². The van der Waals surface area contributed by atoms with Gasteiger partial charge in [0.15, 0.2) is 0 Å². The van der Waals surface area contributed by atoms with Crippen molar-refractivity contribution in [3.8, 4) is 0 Å². The Morgan fingerprint density at radius 2 is 1.97 bits per heavy atom. The third kappa shape index (κ3) is 4.01. The van der Waals surface area contributed by atoms with Crippen LogP contribution in [0, 0.1) is 12.7 Å². The molecule has 5 nitrogen and oxygen atoms in total. The zero-order valence-corrected chi connectivity index (χ0v) is 16.2. The summed E-state index contributed by atoms with van der Waals surface area (Å²) < 4.78 is 15.6. The van der Waals surface area contributed by atoms with Crippen molar-refractivity contribution >= 4 is 22.8 Å². The molecule has 1 aliphatic carbocycles. The predicted octanol–water partition coefficient (Wildman–Crippen LogP) is 3.39. The summed E-state index contributed by atoms with van der Waals surface area (Å²) >= 11 is 0. The molecule has 1 heterocycles. The molecule has 1 atom stereocenters. The third-order valence-corrected chi connectivity index (χ3v) is 5.57. The van der Waals surface area contributed by atoms with Crippen molar-refractivity contribution in [2.24, 2.45) is 0 Å². The van der Waals surface area contributed by atoms with Crippen LogP contribution in [0.25, 0.3) is 10.9 Å². The second-order valence-corrected chi connectivity index (χ2v) is 7.74. The Bertz CT molecular complexity index is 1090. The molecule has 0 saturated carbocycles. The van der Waals surface area contributed by atoms with Crippen molar-refractivity contribution in [2.45, 2.75) is 45.2 Å². The van der Waals surface area contributed by atoms with Crippen molar-refractivity contribution < 1.29 is 19.1 Å². The summed E-state index contributed by atoms with van der Waals surface area (Å²) in [6.07, 6.45) is 2.26. The fourth-order valence-electron chi connectivity index (χ4n) is 4.23. The topological polar surface area (TPSA) is 71.3 Å². The van der Waals surface area contributed by atoms with E-state index in [1.807, 2.05) is 31.2 Å². The van der Waals surface area contributed by atoms with Gasteiger partial charge < -0.3 is 15.0 Å². The van der Waals surface area contributed by atoms with E-state index in [0.29, 0.717) is 19.3 Å². The number of carboxylic acid groups (broad SMARTS) is 1. The first kappa shape index (κ1) is 19.2. The number of carboxylic acids is 1. The number of halogens is 1. The lowest BCUT2D eigenvalue weighted by Gasteiger charge is -2.25. The number of hydrogen-bond acceptors (Lipinski definition) is 2. The fraction of sp³-hybridized carbons (Fsp3) is 0.304. The van der Waals surface area contributed by atoms with Crippen LogP contribution in [0.4, 0.5) is 4.39 Å². The molecule has 0 aliphatic heterocycles. The van der Waals surface area contributed by atoms with Gasteiger partial charge in [0, 0.05) is 22.6 Å². The van der Waals surface area contributed by atoms with E-state index >= 15 is 0 Å². The first-order valence-corrected chi connectivity index (χ1v) is 9.77. The Morgan fingerprint density at radius 3 is 2.69 bits per heavy atom. The number of rotatable bonds is 5. The Labute approximate surface area is 168 Å². The number of carbonyl (C=O) groups excluding carboxylic acids is 1. The van der Waals surface area contributed by atoms with Crippen molar-refractivity contribution in [2.75, 3.05) is 0 Å². The van der Waals surface area contributed by atoms with Gasteiger partial charge in [-0.3, -0.25) is 9.59 Å². The van der Waals surface area contributed by atoms with Gasteiger partial charge in [0.05, 0.1) is 6.42 Å². The van der Waals surface area contributed by atoms with Crippen LogP contribution in [0.2, 0.25) is 0 Å². The maximum atomic E-state index is 13.9. The lowest BCUT2D eigenvalue weighted by atomic mass is 9.91. The number of aromatic nitrogens is 1. The largest absolute Gasteiger partial charge is 0.480 e. The molecule has 3 aromatic rings. The van der Waals surface area contributed by atoms with Gasteiger partial charge in [0.2, 0.25) is 5.91 Å². The van der Waals surface area contributed by atoms with Crippen LogP contribution in [-0.2, 0) is 35.4 Å². The number of aryl methyl sites for hydroxylation is 1. The molecule has 0 spiro atoms. The number of benzene rings is 2. The summed E-state index contributed by atoms with van der Waals surface area (Å²) in [6, 6.07) is 12.3. The normalized spacial score (nSPS) is 15.9. The van der Waals surface area contributed by atoms with E-state index < -0.39 is 5.97 Å². The van der Waals surface area contributed by atoms with Gasteiger partial charge in [-0.15, -0.1) is 0 Å². The number of aliphatic carboxylic acids is 1. The molecule has 1 aliphatic rings. The average Bonchev–Trinajstić information content (AvgIpc) is 2.96. The van der Waals surface area contributed by atoms with E-state index in [1.54, 1.807) is 10.6 Å². The van der Waals surface area contributed by atoms with E-state index in [4.69, 9.17) is 0 Å². The Kier molecular flexibility index (Phi) is 5.09. The van der Waals surface area contributed by atoms with Crippen LogP contribution >= 0.6 is 0 Å². The van der Waals surface area contributed by atoms with Crippen LogP contribution in [0.5, 0.6) is 0 Å². The quantitative estimate of drug-likeness (QED) is 0.697. The summed E-state index contributed by atoms with van der Waals surface area (Å²) in [6.45, 7) is 1.86. The zero-order chi connectivity index (χ0) is 20.5. The van der Waals surface area contributed by atoms with Crippen LogP contribution in [-0.4, -0.2) is 27.6 Å². The van der Waals surface area contributed by atoms with E-state index in [-0.39, 0.29) is 24.3 Å². The summed E-state index contributed by atoms with van der Waals surface area (Å²) in [5, 5.41) is 13.1. The standard InChI is InChI=1S/C23H23FN2O3/c1-14-2-4-15(5-3-14)10-22(27)25-17-7-9-21-19(12-17)18-11-16(24)6-8-20(18)26(21)13-23(28)29/h2-6,8,11,17H,7,9-10,12-13H2,1H3,(H,25,27)(H,28,29). The molecule has 0 radical (unpaired) electrons. The van der Waals surface area contributed by atoms with Gasteiger partial charge in [-0.1, -0.05) is 29.8 Å². The molecule has 0 saturated heterocycles. The number of nitrogens with zero attached hydrogens (tertiary/aromatic N) is 1. The minimum Gasteiger partial charge on any atom is -0.480 e. The van der Waals surface area contributed by atoms with Crippen molar-refractivity contribution in [1.29, 1.82) is 0 Å². The molecule has 4 rings (SSSR count). The summed E-state index contributed by atoms with van der Waals surface area (Å²) in [4.78, 5) is 23.8. The number of amides is 1. The molecule has 1 unspecified atom stereocenters. The van der Waals surface area contributed by atoms with Gasteiger partial charge in [-0.05, 0) is 55.5 Å². The van der Waals surface area contributed by atoms with Crippen LogP contribution in [0.15, 0.2) is 42.5 Å². The lowest BCUT2D eigenvalue weighted by Crippen LogP contribution is -2.39. The van der Waals surface area contributed by atoms with Gasteiger partial charge in [0.25, 0.3) is 0 Å².